The van der Waals surface area contributed by atoms with Gasteiger partial charge in [-0.25, -0.2) is 13.8 Å². The standard InChI is InChI=1S/C12H13ClF2N2O/c13-10-2-1-9(7-16-10)17-11(18)8-3-5-12(14,15)6-4-8/h1-2,7-8H,3-6H2,(H,17,18). The van der Waals surface area contributed by atoms with Gasteiger partial charge in [-0.2, -0.15) is 0 Å². The number of rotatable bonds is 2. The highest BCUT2D eigenvalue weighted by Crippen LogP contribution is 2.36. The number of hydrogen-bond donors (Lipinski definition) is 1. The third-order valence-corrected chi connectivity index (χ3v) is 3.31. The molecule has 1 aromatic rings. The van der Waals surface area contributed by atoms with Gasteiger partial charge in [0.2, 0.25) is 11.8 Å². The molecule has 1 heterocycles. The molecule has 0 unspecified atom stereocenters. The van der Waals surface area contributed by atoms with Crippen molar-refractivity contribution in [3.05, 3.63) is 23.5 Å². The van der Waals surface area contributed by atoms with Gasteiger partial charge < -0.3 is 5.32 Å². The highest BCUT2D eigenvalue weighted by atomic mass is 35.5. The number of nitrogens with one attached hydrogen (secondary N) is 1. The van der Waals surface area contributed by atoms with Crippen LogP contribution < -0.4 is 5.32 Å². The molecular formula is C12H13ClF2N2O. The number of amides is 1. The largest absolute Gasteiger partial charge is 0.324 e. The average Bonchev–Trinajstić information content (AvgIpc) is 2.32. The fourth-order valence-electron chi connectivity index (χ4n) is 2.00. The molecule has 0 aliphatic heterocycles. The number of carbonyl (C=O) groups is 1. The zero-order valence-corrected chi connectivity index (χ0v) is 10.4. The van der Waals surface area contributed by atoms with Crippen LogP contribution >= 0.6 is 11.6 Å². The highest BCUT2D eigenvalue weighted by Gasteiger charge is 2.37. The monoisotopic (exact) mass is 274 g/mol. The van der Waals surface area contributed by atoms with E-state index in [1.807, 2.05) is 0 Å². The topological polar surface area (TPSA) is 42.0 Å². The van der Waals surface area contributed by atoms with Crippen LogP contribution in [0, 0.1) is 5.92 Å². The summed E-state index contributed by atoms with van der Waals surface area (Å²) in [5, 5.41) is 3.00. The van der Waals surface area contributed by atoms with E-state index < -0.39 is 5.92 Å². The number of alkyl halides is 2. The number of halogens is 3. The maximum Gasteiger partial charge on any atom is 0.248 e. The minimum absolute atomic E-state index is 0.218. The molecule has 0 bridgehead atoms. The van der Waals surface area contributed by atoms with Gasteiger partial charge in [-0.1, -0.05) is 11.6 Å². The molecule has 1 aromatic heterocycles. The molecule has 1 aliphatic carbocycles. The molecule has 18 heavy (non-hydrogen) atoms. The number of nitrogens with zero attached hydrogens (tertiary/aromatic N) is 1. The molecule has 1 amide bonds. The quantitative estimate of drug-likeness (QED) is 0.839. The normalized spacial score (nSPS) is 19.5. The summed E-state index contributed by atoms with van der Waals surface area (Å²) in [6.45, 7) is 0. The Balaban J connectivity index is 1.91. The molecule has 98 valence electrons. The SMILES string of the molecule is O=C(Nc1ccc(Cl)nc1)C1CCC(F)(F)CC1. The van der Waals surface area contributed by atoms with E-state index in [4.69, 9.17) is 11.6 Å². The van der Waals surface area contributed by atoms with Crippen LogP contribution in [0.5, 0.6) is 0 Å². The second-order valence-electron chi connectivity index (χ2n) is 4.49. The van der Waals surface area contributed by atoms with E-state index in [0.29, 0.717) is 10.8 Å². The van der Waals surface area contributed by atoms with Crippen molar-refractivity contribution in [3.8, 4) is 0 Å². The first-order chi connectivity index (χ1) is 8.46. The predicted molar refractivity (Wildman–Crippen MR) is 64.8 cm³/mol. The third kappa shape index (κ3) is 3.38. The molecule has 0 spiro atoms. The van der Waals surface area contributed by atoms with E-state index in [1.165, 1.54) is 6.20 Å². The first-order valence-electron chi connectivity index (χ1n) is 5.76. The van der Waals surface area contributed by atoms with E-state index >= 15 is 0 Å². The van der Waals surface area contributed by atoms with Crippen LogP contribution in [0.2, 0.25) is 5.15 Å². The molecular weight excluding hydrogens is 262 g/mol. The lowest BCUT2D eigenvalue weighted by atomic mass is 9.86. The number of pyridine rings is 1. The third-order valence-electron chi connectivity index (χ3n) is 3.08. The van der Waals surface area contributed by atoms with Gasteiger partial charge in [0.1, 0.15) is 5.15 Å². The molecule has 6 heteroatoms. The van der Waals surface area contributed by atoms with Gasteiger partial charge in [-0.15, -0.1) is 0 Å². The Hall–Kier alpha value is -1.23. The van der Waals surface area contributed by atoms with E-state index in [0.717, 1.165) is 0 Å². The second kappa shape index (κ2) is 5.18. The Morgan fingerprint density at radius 2 is 2.06 bits per heavy atom. The van der Waals surface area contributed by atoms with Crippen molar-refractivity contribution in [2.45, 2.75) is 31.6 Å². The van der Waals surface area contributed by atoms with Crippen molar-refractivity contribution in [2.75, 3.05) is 5.32 Å². The second-order valence-corrected chi connectivity index (χ2v) is 4.88. The van der Waals surface area contributed by atoms with Crippen LogP contribution in [-0.4, -0.2) is 16.8 Å². The summed E-state index contributed by atoms with van der Waals surface area (Å²) in [5.41, 5.74) is 0.529. The van der Waals surface area contributed by atoms with Crippen molar-refractivity contribution >= 4 is 23.2 Å². The maximum absolute atomic E-state index is 13.0. The van der Waals surface area contributed by atoms with Gasteiger partial charge in [0.25, 0.3) is 0 Å². The summed E-state index contributed by atoms with van der Waals surface area (Å²) in [7, 11) is 0. The number of aromatic nitrogens is 1. The Kier molecular flexibility index (Phi) is 3.80. The Bertz CT molecular complexity index is 426. The molecule has 0 radical (unpaired) electrons. The van der Waals surface area contributed by atoms with Crippen LogP contribution in [0.3, 0.4) is 0 Å². The lowest BCUT2D eigenvalue weighted by Gasteiger charge is -2.27. The van der Waals surface area contributed by atoms with E-state index in [9.17, 15) is 13.6 Å². The van der Waals surface area contributed by atoms with Crippen molar-refractivity contribution in [2.24, 2.45) is 5.92 Å². The van der Waals surface area contributed by atoms with E-state index in [2.05, 4.69) is 10.3 Å². The molecule has 0 saturated heterocycles. The predicted octanol–water partition coefficient (Wildman–Crippen LogP) is 3.50. The lowest BCUT2D eigenvalue weighted by molar-refractivity contribution is -0.124. The van der Waals surface area contributed by atoms with Crippen molar-refractivity contribution in [1.82, 2.24) is 4.98 Å². The summed E-state index contributed by atoms with van der Waals surface area (Å²) < 4.78 is 25.9. The Morgan fingerprint density at radius 1 is 1.39 bits per heavy atom. The van der Waals surface area contributed by atoms with Crippen LogP contribution in [-0.2, 0) is 4.79 Å². The van der Waals surface area contributed by atoms with Crippen LogP contribution in [0.15, 0.2) is 18.3 Å². The lowest BCUT2D eigenvalue weighted by Crippen LogP contribution is -2.31. The zero-order chi connectivity index (χ0) is 13.2. The first kappa shape index (κ1) is 13.2. The maximum atomic E-state index is 13.0. The molecule has 1 fully saturated rings. The molecule has 1 aliphatic rings. The van der Waals surface area contributed by atoms with Gasteiger partial charge in [-0.05, 0) is 25.0 Å². The van der Waals surface area contributed by atoms with Gasteiger partial charge >= 0.3 is 0 Å². The summed E-state index contributed by atoms with van der Waals surface area (Å²) in [5.74, 6) is -3.19. The van der Waals surface area contributed by atoms with Crippen LogP contribution in [0.4, 0.5) is 14.5 Å². The van der Waals surface area contributed by atoms with E-state index in [1.54, 1.807) is 12.1 Å². The van der Waals surface area contributed by atoms with Crippen LogP contribution in [0.1, 0.15) is 25.7 Å². The molecule has 1 saturated carbocycles. The number of carbonyl (C=O) groups excluding carboxylic acids is 1. The smallest absolute Gasteiger partial charge is 0.248 e. The summed E-state index contributed by atoms with van der Waals surface area (Å²) in [6.07, 6.45) is 1.45. The van der Waals surface area contributed by atoms with Gasteiger partial charge in [-0.3, -0.25) is 4.79 Å². The summed E-state index contributed by atoms with van der Waals surface area (Å²) in [6, 6.07) is 3.19. The fourth-order valence-corrected chi connectivity index (χ4v) is 2.11. The molecule has 0 aromatic carbocycles. The van der Waals surface area contributed by atoms with Gasteiger partial charge in [0.05, 0.1) is 11.9 Å². The van der Waals surface area contributed by atoms with Gasteiger partial charge in [0.15, 0.2) is 0 Å². The highest BCUT2D eigenvalue weighted by molar-refractivity contribution is 6.29. The fraction of sp³-hybridized carbons (Fsp3) is 0.500. The Labute approximate surface area is 109 Å². The first-order valence-corrected chi connectivity index (χ1v) is 6.14. The van der Waals surface area contributed by atoms with E-state index in [-0.39, 0.29) is 37.5 Å². The molecule has 0 atom stereocenters. The summed E-state index contributed by atoms with van der Waals surface area (Å²) >= 11 is 5.62. The molecule has 3 nitrogen and oxygen atoms in total. The summed E-state index contributed by atoms with van der Waals surface area (Å²) in [4.78, 5) is 15.7. The minimum atomic E-state index is -2.61. The average molecular weight is 275 g/mol. The number of hydrogen-bond acceptors (Lipinski definition) is 2. The van der Waals surface area contributed by atoms with Gasteiger partial charge in [0, 0.05) is 18.8 Å². The minimum Gasteiger partial charge on any atom is -0.324 e. The molecule has 1 N–H and O–H groups in total. The van der Waals surface area contributed by atoms with Crippen molar-refractivity contribution < 1.29 is 13.6 Å². The van der Waals surface area contributed by atoms with Crippen molar-refractivity contribution in [1.29, 1.82) is 0 Å². The molecule has 2 rings (SSSR count). The van der Waals surface area contributed by atoms with Crippen LogP contribution in [0.25, 0.3) is 0 Å². The zero-order valence-electron chi connectivity index (χ0n) is 9.63. The van der Waals surface area contributed by atoms with Crippen molar-refractivity contribution in [3.63, 3.8) is 0 Å². The number of anilines is 1. The Morgan fingerprint density at radius 3 is 2.61 bits per heavy atom.